The molecular formula is C18H26N2OS. The highest BCUT2D eigenvalue weighted by molar-refractivity contribution is 7.10. The highest BCUT2D eigenvalue weighted by Crippen LogP contribution is 2.43. The van der Waals surface area contributed by atoms with Crippen LogP contribution in [0.15, 0.2) is 29.7 Å². The third-order valence-electron chi connectivity index (χ3n) is 5.52. The molecule has 3 nitrogen and oxygen atoms in total. The monoisotopic (exact) mass is 318 g/mol. The Bertz CT molecular complexity index is 495. The summed E-state index contributed by atoms with van der Waals surface area (Å²) in [4.78, 5) is 4.07. The van der Waals surface area contributed by atoms with Gasteiger partial charge in [-0.1, -0.05) is 18.2 Å². The predicted molar refractivity (Wildman–Crippen MR) is 91.2 cm³/mol. The number of ether oxygens (including phenoxy) is 1. The molecule has 4 atom stereocenters. The van der Waals surface area contributed by atoms with E-state index in [1.54, 1.807) is 0 Å². The standard InChI is InChI=1S/C18H26N2OS/c1-2-18(22-9-1)17(20-5-7-21-8-6-20)13-19-12-16-11-14-3-4-15(16)10-14/h1-4,9,14-17,19H,5-8,10-13H2. The first kappa shape index (κ1) is 14.9. The van der Waals surface area contributed by atoms with Crippen molar-refractivity contribution in [1.82, 2.24) is 10.2 Å². The first-order chi connectivity index (χ1) is 10.9. The van der Waals surface area contributed by atoms with Gasteiger partial charge in [0.15, 0.2) is 0 Å². The summed E-state index contributed by atoms with van der Waals surface area (Å²) >= 11 is 1.89. The number of allylic oxidation sites excluding steroid dienone is 2. The number of nitrogens with zero attached hydrogens (tertiary/aromatic N) is 1. The van der Waals surface area contributed by atoms with Crippen molar-refractivity contribution < 1.29 is 4.74 Å². The molecule has 1 aliphatic heterocycles. The Morgan fingerprint density at radius 3 is 2.86 bits per heavy atom. The molecule has 4 heteroatoms. The van der Waals surface area contributed by atoms with Crippen molar-refractivity contribution in [3.8, 4) is 0 Å². The van der Waals surface area contributed by atoms with Gasteiger partial charge < -0.3 is 10.1 Å². The van der Waals surface area contributed by atoms with Crippen LogP contribution in [0, 0.1) is 17.8 Å². The van der Waals surface area contributed by atoms with Crippen LogP contribution in [-0.2, 0) is 4.74 Å². The summed E-state index contributed by atoms with van der Waals surface area (Å²) in [6.45, 7) is 6.11. The molecule has 22 heavy (non-hydrogen) atoms. The lowest BCUT2D eigenvalue weighted by atomic mass is 9.93. The van der Waals surface area contributed by atoms with Crippen LogP contribution < -0.4 is 5.32 Å². The number of hydrogen-bond donors (Lipinski definition) is 1. The molecule has 1 aromatic rings. The van der Waals surface area contributed by atoms with E-state index in [1.165, 1.54) is 24.3 Å². The lowest BCUT2D eigenvalue weighted by Gasteiger charge is -2.34. The average molecular weight is 318 g/mol. The minimum Gasteiger partial charge on any atom is -0.379 e. The second-order valence-electron chi connectivity index (χ2n) is 6.88. The van der Waals surface area contributed by atoms with E-state index in [1.807, 2.05) is 11.3 Å². The molecular weight excluding hydrogens is 292 g/mol. The van der Waals surface area contributed by atoms with Crippen LogP contribution in [0.25, 0.3) is 0 Å². The maximum Gasteiger partial charge on any atom is 0.0594 e. The first-order valence-electron chi connectivity index (χ1n) is 8.64. The molecule has 1 saturated heterocycles. The lowest BCUT2D eigenvalue weighted by Crippen LogP contribution is -2.43. The summed E-state index contributed by atoms with van der Waals surface area (Å²) in [6, 6.07) is 4.97. The quantitative estimate of drug-likeness (QED) is 0.816. The van der Waals surface area contributed by atoms with Gasteiger partial charge in [0.05, 0.1) is 19.3 Å². The van der Waals surface area contributed by atoms with E-state index in [0.717, 1.165) is 50.6 Å². The van der Waals surface area contributed by atoms with Gasteiger partial charge in [-0.05, 0) is 48.6 Å². The summed E-state index contributed by atoms with van der Waals surface area (Å²) in [5, 5.41) is 5.99. The molecule has 2 bridgehead atoms. The van der Waals surface area contributed by atoms with Crippen molar-refractivity contribution in [3.05, 3.63) is 34.5 Å². The van der Waals surface area contributed by atoms with Crippen LogP contribution in [0.2, 0.25) is 0 Å². The minimum atomic E-state index is 0.512. The summed E-state index contributed by atoms with van der Waals surface area (Å²) in [7, 11) is 0. The zero-order chi connectivity index (χ0) is 14.8. The van der Waals surface area contributed by atoms with Crippen LogP contribution in [-0.4, -0.2) is 44.3 Å². The Balaban J connectivity index is 1.33. The molecule has 0 radical (unpaired) electrons. The number of thiophene rings is 1. The molecule has 4 unspecified atom stereocenters. The Hall–Kier alpha value is -0.680. The van der Waals surface area contributed by atoms with E-state index in [2.05, 4.69) is 39.9 Å². The van der Waals surface area contributed by atoms with Crippen molar-refractivity contribution in [2.45, 2.75) is 18.9 Å². The van der Waals surface area contributed by atoms with Gasteiger partial charge in [-0.3, -0.25) is 4.90 Å². The van der Waals surface area contributed by atoms with Gasteiger partial charge in [-0.25, -0.2) is 0 Å². The Morgan fingerprint density at radius 2 is 2.18 bits per heavy atom. The number of nitrogens with one attached hydrogen (secondary N) is 1. The number of rotatable bonds is 6. The number of morpholine rings is 1. The van der Waals surface area contributed by atoms with Gasteiger partial charge in [0.2, 0.25) is 0 Å². The predicted octanol–water partition coefficient (Wildman–Crippen LogP) is 2.92. The fraction of sp³-hybridized carbons (Fsp3) is 0.667. The number of hydrogen-bond acceptors (Lipinski definition) is 4. The molecule has 3 aliphatic rings. The second-order valence-corrected chi connectivity index (χ2v) is 7.86. The second kappa shape index (κ2) is 6.83. The van der Waals surface area contributed by atoms with E-state index in [-0.39, 0.29) is 0 Å². The summed E-state index contributed by atoms with van der Waals surface area (Å²) in [6.07, 6.45) is 7.70. The largest absolute Gasteiger partial charge is 0.379 e. The highest BCUT2D eigenvalue weighted by atomic mass is 32.1. The Labute approximate surface area is 137 Å². The summed E-state index contributed by atoms with van der Waals surface area (Å²) in [5.74, 6) is 2.59. The van der Waals surface area contributed by atoms with Crippen LogP contribution in [0.3, 0.4) is 0 Å². The van der Waals surface area contributed by atoms with Crippen LogP contribution in [0.5, 0.6) is 0 Å². The van der Waals surface area contributed by atoms with Gasteiger partial charge in [-0.15, -0.1) is 11.3 Å². The van der Waals surface area contributed by atoms with E-state index in [9.17, 15) is 0 Å². The first-order valence-corrected chi connectivity index (χ1v) is 9.52. The summed E-state index contributed by atoms with van der Waals surface area (Å²) < 4.78 is 5.52. The van der Waals surface area contributed by atoms with Crippen LogP contribution in [0.1, 0.15) is 23.8 Å². The lowest BCUT2D eigenvalue weighted by molar-refractivity contribution is 0.0167. The minimum absolute atomic E-state index is 0.512. The fourth-order valence-corrected chi connectivity index (χ4v) is 5.18. The van der Waals surface area contributed by atoms with E-state index in [4.69, 9.17) is 4.74 Å². The zero-order valence-corrected chi connectivity index (χ0v) is 13.9. The number of fused-ring (bicyclic) bond motifs is 2. The van der Waals surface area contributed by atoms with E-state index in [0.29, 0.717) is 6.04 Å². The van der Waals surface area contributed by atoms with Gasteiger partial charge in [-0.2, -0.15) is 0 Å². The highest BCUT2D eigenvalue weighted by Gasteiger charge is 2.35. The molecule has 120 valence electrons. The van der Waals surface area contributed by atoms with E-state index >= 15 is 0 Å². The van der Waals surface area contributed by atoms with Crippen LogP contribution in [0.4, 0.5) is 0 Å². The van der Waals surface area contributed by atoms with Crippen molar-refractivity contribution in [2.75, 3.05) is 39.4 Å². The van der Waals surface area contributed by atoms with Gasteiger partial charge in [0, 0.05) is 24.5 Å². The van der Waals surface area contributed by atoms with E-state index < -0.39 is 0 Å². The SMILES string of the molecule is C1=CC2CC1CC2CNCC(c1cccs1)N1CCOCC1. The molecule has 0 amide bonds. The summed E-state index contributed by atoms with van der Waals surface area (Å²) in [5.41, 5.74) is 0. The molecule has 0 spiro atoms. The van der Waals surface area contributed by atoms with Gasteiger partial charge in [0.25, 0.3) is 0 Å². The molecule has 2 heterocycles. The van der Waals surface area contributed by atoms with Gasteiger partial charge >= 0.3 is 0 Å². The normalized spacial score (nSPS) is 32.6. The van der Waals surface area contributed by atoms with Crippen molar-refractivity contribution in [1.29, 1.82) is 0 Å². The third kappa shape index (κ3) is 3.16. The van der Waals surface area contributed by atoms with Crippen molar-refractivity contribution in [3.63, 3.8) is 0 Å². The molecule has 2 aliphatic carbocycles. The maximum absolute atomic E-state index is 5.52. The average Bonchev–Trinajstić information content (AvgIpc) is 3.30. The fourth-order valence-electron chi connectivity index (χ4n) is 4.31. The van der Waals surface area contributed by atoms with Gasteiger partial charge in [0.1, 0.15) is 0 Å². The molecule has 4 rings (SSSR count). The molecule has 1 saturated carbocycles. The van der Waals surface area contributed by atoms with Crippen molar-refractivity contribution >= 4 is 11.3 Å². The topological polar surface area (TPSA) is 24.5 Å². The molecule has 2 fully saturated rings. The van der Waals surface area contributed by atoms with Crippen LogP contribution >= 0.6 is 11.3 Å². The van der Waals surface area contributed by atoms with Crippen molar-refractivity contribution in [2.24, 2.45) is 17.8 Å². The molecule has 0 aromatic carbocycles. The zero-order valence-electron chi connectivity index (χ0n) is 13.1. The Morgan fingerprint density at radius 1 is 1.27 bits per heavy atom. The molecule has 1 N–H and O–H groups in total. The molecule has 1 aromatic heterocycles. The maximum atomic E-state index is 5.52. The third-order valence-corrected chi connectivity index (χ3v) is 6.49. The smallest absolute Gasteiger partial charge is 0.0594 e. The Kier molecular flexibility index (Phi) is 4.62.